The number of aromatic nitrogens is 5. The Bertz CT molecular complexity index is 1250. The number of ether oxygens (including phenoxy) is 2. The number of nitrogens with one attached hydrogen (secondary N) is 3. The van der Waals surface area contributed by atoms with Crippen molar-refractivity contribution in [3.8, 4) is 0 Å². The van der Waals surface area contributed by atoms with Gasteiger partial charge in [-0.15, -0.1) is 0 Å². The highest BCUT2D eigenvalue weighted by Crippen LogP contribution is 2.41. The Morgan fingerprint density at radius 3 is 2.83 bits per heavy atom. The Morgan fingerprint density at radius 1 is 1.26 bits per heavy atom. The second-order valence-corrected chi connectivity index (χ2v) is 10.3. The monoisotopic (exact) mass is 483 g/mol. The number of aromatic amines is 1. The highest BCUT2D eigenvalue weighted by atomic mass is 19.1. The summed E-state index contributed by atoms with van der Waals surface area (Å²) in [5, 5.41) is 13.5. The van der Waals surface area contributed by atoms with Crippen molar-refractivity contribution in [2.75, 3.05) is 12.4 Å². The fourth-order valence-electron chi connectivity index (χ4n) is 4.72. The molecule has 3 aliphatic rings. The number of methoxy groups -OCH3 is 1. The fourth-order valence-corrected chi connectivity index (χ4v) is 4.72. The Labute approximate surface area is 202 Å². The first-order valence-corrected chi connectivity index (χ1v) is 12.2. The number of nitrogens with zero attached hydrogens (tertiary/aromatic N) is 4. The molecule has 3 heterocycles. The molecule has 35 heavy (non-hydrogen) atoms. The summed E-state index contributed by atoms with van der Waals surface area (Å²) in [5.74, 6) is 1.56. The second-order valence-electron chi connectivity index (χ2n) is 10.3. The molecule has 6 rings (SSSR count). The Kier molecular flexibility index (Phi) is 5.39. The Morgan fingerprint density at radius 2 is 2.09 bits per heavy atom. The van der Waals surface area contributed by atoms with Crippen molar-refractivity contribution in [1.82, 2.24) is 29.9 Å². The molecule has 3 atom stereocenters. The van der Waals surface area contributed by atoms with Gasteiger partial charge in [0.25, 0.3) is 0 Å². The average molecular weight is 484 g/mol. The van der Waals surface area contributed by atoms with Crippen LogP contribution in [-0.2, 0) is 16.1 Å². The minimum absolute atomic E-state index is 0.116. The van der Waals surface area contributed by atoms with Gasteiger partial charge in [-0.25, -0.2) is 19.2 Å². The Hall–Kier alpha value is -3.21. The molecule has 3 aromatic rings. The largest absolute Gasteiger partial charge is 0.443 e. The third-order valence-electron chi connectivity index (χ3n) is 7.18. The van der Waals surface area contributed by atoms with Crippen molar-refractivity contribution in [2.45, 2.75) is 81.7 Å². The van der Waals surface area contributed by atoms with Crippen LogP contribution >= 0.6 is 0 Å². The number of amides is 1. The number of rotatable bonds is 8. The van der Waals surface area contributed by atoms with Crippen LogP contribution in [-0.4, -0.2) is 55.6 Å². The molecule has 3 N–H and O–H groups in total. The number of anilines is 2. The molecular formula is C24H30FN7O3. The molecule has 0 aromatic carbocycles. The SMILES string of the molecule is COCc1cn2c(Nc3cc([C@H]4C[C@@H](F)[C@@H](OC(=O)NC5(C)CC5)C4)[nH]n3)nc(C3CC3)cc2n1. The maximum Gasteiger partial charge on any atom is 0.407 e. The molecular weight excluding hydrogens is 453 g/mol. The quantitative estimate of drug-likeness (QED) is 0.442. The highest BCUT2D eigenvalue weighted by Gasteiger charge is 2.42. The van der Waals surface area contributed by atoms with Crippen molar-refractivity contribution in [2.24, 2.45) is 0 Å². The number of alkyl carbamates (subject to hydrolysis) is 1. The Balaban J connectivity index is 1.16. The van der Waals surface area contributed by atoms with E-state index in [-0.39, 0.29) is 17.9 Å². The van der Waals surface area contributed by atoms with Gasteiger partial charge in [0, 0.05) is 48.5 Å². The van der Waals surface area contributed by atoms with Crippen LogP contribution in [0.25, 0.3) is 5.65 Å². The van der Waals surface area contributed by atoms with Gasteiger partial charge in [-0.05, 0) is 45.4 Å². The second kappa shape index (κ2) is 8.47. The molecule has 11 heteroatoms. The van der Waals surface area contributed by atoms with Gasteiger partial charge in [-0.1, -0.05) is 0 Å². The van der Waals surface area contributed by atoms with Gasteiger partial charge in [0.15, 0.2) is 5.82 Å². The first kappa shape index (κ1) is 22.3. The van der Waals surface area contributed by atoms with Gasteiger partial charge in [0.05, 0.1) is 18.0 Å². The van der Waals surface area contributed by atoms with Gasteiger partial charge < -0.3 is 20.1 Å². The number of H-pyrrole nitrogens is 1. The predicted octanol–water partition coefficient (Wildman–Crippen LogP) is 4.08. The number of hydrogen-bond donors (Lipinski definition) is 3. The molecule has 3 fully saturated rings. The number of hydrogen-bond acceptors (Lipinski definition) is 7. The molecule has 10 nitrogen and oxygen atoms in total. The molecule has 3 saturated carbocycles. The summed E-state index contributed by atoms with van der Waals surface area (Å²) in [6.45, 7) is 2.38. The molecule has 0 aliphatic heterocycles. The summed E-state index contributed by atoms with van der Waals surface area (Å²) in [5.41, 5.74) is 3.25. The molecule has 3 aliphatic carbocycles. The van der Waals surface area contributed by atoms with Crippen molar-refractivity contribution >= 4 is 23.5 Å². The van der Waals surface area contributed by atoms with Gasteiger partial charge >= 0.3 is 6.09 Å². The van der Waals surface area contributed by atoms with E-state index < -0.39 is 18.4 Å². The summed E-state index contributed by atoms with van der Waals surface area (Å²) in [6, 6.07) is 3.90. The van der Waals surface area contributed by atoms with Crippen LogP contribution < -0.4 is 10.6 Å². The van der Waals surface area contributed by atoms with Crippen molar-refractivity contribution in [1.29, 1.82) is 0 Å². The van der Waals surface area contributed by atoms with E-state index in [2.05, 4.69) is 25.8 Å². The third kappa shape index (κ3) is 4.69. The van der Waals surface area contributed by atoms with Crippen molar-refractivity contribution in [3.63, 3.8) is 0 Å². The predicted molar refractivity (Wildman–Crippen MR) is 125 cm³/mol. The molecule has 0 saturated heterocycles. The molecule has 0 unspecified atom stereocenters. The van der Waals surface area contributed by atoms with Crippen LogP contribution in [0.15, 0.2) is 18.3 Å². The normalized spacial score (nSPS) is 25.1. The van der Waals surface area contributed by atoms with Crippen molar-refractivity contribution < 1.29 is 18.7 Å². The molecule has 0 radical (unpaired) electrons. The maximum absolute atomic E-state index is 14.7. The van der Waals surface area contributed by atoms with E-state index >= 15 is 0 Å². The number of alkyl halides is 1. The molecule has 0 spiro atoms. The first-order valence-electron chi connectivity index (χ1n) is 12.2. The summed E-state index contributed by atoms with van der Waals surface area (Å²) in [6.07, 6.45) is 4.20. The number of halogens is 1. The zero-order chi connectivity index (χ0) is 24.2. The van der Waals surface area contributed by atoms with Crippen LogP contribution in [0.5, 0.6) is 0 Å². The summed E-state index contributed by atoms with van der Waals surface area (Å²) < 4.78 is 27.2. The third-order valence-corrected chi connectivity index (χ3v) is 7.18. The van der Waals surface area contributed by atoms with Crippen LogP contribution in [0.2, 0.25) is 0 Å². The standard InChI is InChI=1S/C24H30FN7O3/c1-24(5-6-24)29-23(33)35-19-8-14(7-16(19)25)18-9-20(31-30-18)28-22-27-17(13-3-4-13)10-21-26-15(12-34-2)11-32(21)22/h9-11,13-14,16,19H,3-8,12H2,1-2H3,(H,29,33)(H2,27,28,30,31)/t14-,16+,19-/m0/s1. The van der Waals surface area contributed by atoms with E-state index in [0.29, 0.717) is 30.7 Å². The number of imidazole rings is 1. The summed E-state index contributed by atoms with van der Waals surface area (Å²) in [4.78, 5) is 21.6. The maximum atomic E-state index is 14.7. The van der Waals surface area contributed by atoms with Gasteiger partial charge in [0.1, 0.15) is 17.9 Å². The van der Waals surface area contributed by atoms with Crippen LogP contribution in [0.4, 0.5) is 21.0 Å². The van der Waals surface area contributed by atoms with E-state index in [4.69, 9.17) is 14.5 Å². The fraction of sp³-hybridized carbons (Fsp3) is 0.583. The summed E-state index contributed by atoms with van der Waals surface area (Å²) >= 11 is 0. The number of fused-ring (bicyclic) bond motifs is 1. The number of carbonyl (C=O) groups is 1. The molecule has 186 valence electrons. The van der Waals surface area contributed by atoms with Crippen LogP contribution in [0.3, 0.4) is 0 Å². The zero-order valence-electron chi connectivity index (χ0n) is 19.9. The average Bonchev–Trinajstić information content (AvgIpc) is 3.65. The van der Waals surface area contributed by atoms with E-state index in [1.165, 1.54) is 0 Å². The minimum Gasteiger partial charge on any atom is -0.443 e. The molecule has 1 amide bonds. The lowest BCUT2D eigenvalue weighted by molar-refractivity contribution is 0.0583. The smallest absolute Gasteiger partial charge is 0.407 e. The lowest BCUT2D eigenvalue weighted by atomic mass is 10.0. The highest BCUT2D eigenvalue weighted by molar-refractivity contribution is 5.69. The topological polar surface area (TPSA) is 118 Å². The van der Waals surface area contributed by atoms with Gasteiger partial charge in [-0.3, -0.25) is 9.50 Å². The minimum atomic E-state index is -1.21. The van der Waals surface area contributed by atoms with Crippen molar-refractivity contribution in [3.05, 3.63) is 35.4 Å². The van der Waals surface area contributed by atoms with Gasteiger partial charge in [-0.2, -0.15) is 5.10 Å². The molecule has 0 bridgehead atoms. The van der Waals surface area contributed by atoms with Gasteiger partial charge in [0.2, 0.25) is 5.95 Å². The van der Waals surface area contributed by atoms with E-state index in [1.807, 2.05) is 29.7 Å². The van der Waals surface area contributed by atoms with E-state index in [1.54, 1.807) is 7.11 Å². The lowest BCUT2D eigenvalue weighted by Gasteiger charge is -2.17. The van der Waals surface area contributed by atoms with E-state index in [9.17, 15) is 9.18 Å². The zero-order valence-corrected chi connectivity index (χ0v) is 19.9. The first-order chi connectivity index (χ1) is 16.9. The molecule has 3 aromatic heterocycles. The number of carbonyl (C=O) groups excluding carboxylic acids is 1. The van der Waals surface area contributed by atoms with E-state index in [0.717, 1.165) is 48.4 Å². The van der Waals surface area contributed by atoms with Crippen LogP contribution in [0.1, 0.15) is 74.4 Å². The van der Waals surface area contributed by atoms with Crippen LogP contribution in [0, 0.1) is 0 Å². The summed E-state index contributed by atoms with van der Waals surface area (Å²) in [7, 11) is 1.64. The lowest BCUT2D eigenvalue weighted by Crippen LogP contribution is -2.38.